The second-order valence-corrected chi connectivity index (χ2v) is 11.7. The van der Waals surface area contributed by atoms with Crippen molar-refractivity contribution in [3.8, 4) is 11.5 Å². The summed E-state index contributed by atoms with van der Waals surface area (Å²) >= 11 is 0. The Morgan fingerprint density at radius 2 is 1.54 bits per heavy atom. The van der Waals surface area contributed by atoms with Gasteiger partial charge in [-0.05, 0) is 55.4 Å². The zero-order chi connectivity index (χ0) is 29.4. The summed E-state index contributed by atoms with van der Waals surface area (Å²) in [5.74, 6) is 0.117. The number of ether oxygens (including phenoxy) is 2. The number of amides is 2. The van der Waals surface area contributed by atoms with Crippen LogP contribution in [0.15, 0.2) is 77.7 Å². The third-order valence-corrected chi connectivity index (χ3v) is 8.85. The van der Waals surface area contributed by atoms with Crippen LogP contribution in [0.4, 0.5) is 5.69 Å². The van der Waals surface area contributed by atoms with Crippen molar-refractivity contribution in [2.45, 2.75) is 11.3 Å². The van der Waals surface area contributed by atoms with Gasteiger partial charge in [-0.25, -0.2) is 8.42 Å². The van der Waals surface area contributed by atoms with Gasteiger partial charge in [0.25, 0.3) is 5.91 Å². The van der Waals surface area contributed by atoms with Crippen LogP contribution in [0.5, 0.6) is 11.5 Å². The Balaban J connectivity index is 1.48. The Bertz CT molecular complexity index is 1440. The number of benzene rings is 3. The summed E-state index contributed by atoms with van der Waals surface area (Å²) in [7, 11) is 0.861. The first-order valence-corrected chi connectivity index (χ1v) is 14.8. The smallest absolute Gasteiger partial charge is 0.253 e. The molecule has 41 heavy (non-hydrogen) atoms. The zero-order valence-corrected chi connectivity index (χ0v) is 24.4. The van der Waals surface area contributed by atoms with Gasteiger partial charge in [-0.1, -0.05) is 30.3 Å². The third-order valence-electron chi connectivity index (χ3n) is 7.01. The molecule has 1 N–H and O–H groups in total. The molecule has 1 heterocycles. The molecule has 3 aromatic carbocycles. The number of methoxy groups -OCH3 is 2. The van der Waals surface area contributed by atoms with Crippen molar-refractivity contribution in [3.05, 3.63) is 83.9 Å². The standard InChI is InChI=1S/C30H36N4O6S/c1-32-17-19-33(20-18-32)30(36)24-9-11-25(12-10-24)31-29(35)22-34(16-15-23-7-5-4-6-8-23)41(37,38)26-13-14-27(39-2)28(21-26)40-3/h4-14,21H,15-20,22H2,1-3H3,(H,31,35). The maximum absolute atomic E-state index is 13.7. The van der Waals surface area contributed by atoms with Crippen LogP contribution in [0.1, 0.15) is 15.9 Å². The van der Waals surface area contributed by atoms with E-state index in [1.807, 2.05) is 42.3 Å². The number of anilines is 1. The third kappa shape index (κ3) is 7.63. The quantitative estimate of drug-likeness (QED) is 0.372. The molecule has 0 saturated carbocycles. The van der Waals surface area contributed by atoms with Gasteiger partial charge in [-0.15, -0.1) is 0 Å². The molecule has 4 rings (SSSR count). The summed E-state index contributed by atoms with van der Waals surface area (Å²) in [4.78, 5) is 29.9. The average Bonchev–Trinajstić information content (AvgIpc) is 2.99. The van der Waals surface area contributed by atoms with Crippen molar-refractivity contribution in [1.82, 2.24) is 14.1 Å². The van der Waals surface area contributed by atoms with E-state index in [1.165, 1.54) is 32.4 Å². The van der Waals surface area contributed by atoms with Crippen molar-refractivity contribution < 1.29 is 27.5 Å². The van der Waals surface area contributed by atoms with Crippen molar-refractivity contribution in [2.24, 2.45) is 0 Å². The van der Waals surface area contributed by atoms with Crippen LogP contribution in [0.25, 0.3) is 0 Å². The number of carbonyl (C=O) groups excluding carboxylic acids is 2. The highest BCUT2D eigenvalue weighted by Crippen LogP contribution is 2.30. The molecule has 0 aromatic heterocycles. The molecule has 3 aromatic rings. The van der Waals surface area contributed by atoms with Gasteiger partial charge < -0.3 is 24.6 Å². The van der Waals surface area contributed by atoms with Crippen molar-refractivity contribution in [3.63, 3.8) is 0 Å². The molecular weight excluding hydrogens is 544 g/mol. The summed E-state index contributed by atoms with van der Waals surface area (Å²) in [6.07, 6.45) is 0.420. The molecule has 0 atom stereocenters. The van der Waals surface area contributed by atoms with E-state index in [2.05, 4.69) is 10.2 Å². The fourth-order valence-electron chi connectivity index (χ4n) is 4.56. The number of sulfonamides is 1. The van der Waals surface area contributed by atoms with Crippen LogP contribution >= 0.6 is 0 Å². The van der Waals surface area contributed by atoms with E-state index >= 15 is 0 Å². The first kappa shape index (κ1) is 30.0. The van der Waals surface area contributed by atoms with Gasteiger partial charge in [0, 0.05) is 50.0 Å². The normalized spacial score (nSPS) is 14.1. The number of carbonyl (C=O) groups is 2. The van der Waals surface area contributed by atoms with Crippen molar-refractivity contribution >= 4 is 27.5 Å². The highest BCUT2D eigenvalue weighted by Gasteiger charge is 2.28. The first-order valence-electron chi connectivity index (χ1n) is 13.3. The van der Waals surface area contributed by atoms with Crippen LogP contribution in [0.3, 0.4) is 0 Å². The Morgan fingerprint density at radius 1 is 0.878 bits per heavy atom. The number of nitrogens with one attached hydrogen (secondary N) is 1. The second kappa shape index (κ2) is 13.6. The van der Waals surface area contributed by atoms with E-state index < -0.39 is 22.5 Å². The van der Waals surface area contributed by atoms with Crippen LogP contribution in [-0.4, -0.2) is 94.9 Å². The van der Waals surface area contributed by atoms with E-state index in [4.69, 9.17) is 9.47 Å². The Hall–Kier alpha value is -3.93. The number of rotatable bonds is 11. The number of likely N-dealkylation sites (N-methyl/N-ethyl adjacent to an activating group) is 1. The topological polar surface area (TPSA) is 108 Å². The van der Waals surface area contributed by atoms with Crippen LogP contribution < -0.4 is 14.8 Å². The van der Waals surface area contributed by atoms with Crippen molar-refractivity contribution in [1.29, 1.82) is 0 Å². The van der Waals surface area contributed by atoms with Gasteiger partial charge in [-0.2, -0.15) is 4.31 Å². The predicted octanol–water partition coefficient (Wildman–Crippen LogP) is 2.96. The molecule has 1 aliphatic heterocycles. The highest BCUT2D eigenvalue weighted by atomic mass is 32.2. The maximum Gasteiger partial charge on any atom is 0.253 e. The summed E-state index contributed by atoms with van der Waals surface area (Å²) in [6, 6.07) is 20.5. The second-order valence-electron chi connectivity index (χ2n) is 9.81. The molecular formula is C30H36N4O6S. The zero-order valence-electron chi connectivity index (χ0n) is 23.6. The minimum atomic E-state index is -4.07. The summed E-state index contributed by atoms with van der Waals surface area (Å²) in [6.45, 7) is 2.68. The van der Waals surface area contributed by atoms with Gasteiger partial charge in [0.15, 0.2) is 11.5 Å². The number of piperazine rings is 1. The molecule has 0 unspecified atom stereocenters. The van der Waals surface area contributed by atoms with Gasteiger partial charge in [0.05, 0.1) is 25.7 Å². The number of nitrogens with zero attached hydrogens (tertiary/aromatic N) is 3. The lowest BCUT2D eigenvalue weighted by Crippen LogP contribution is -2.47. The fourth-order valence-corrected chi connectivity index (χ4v) is 5.97. The molecule has 1 fully saturated rings. The molecule has 1 aliphatic rings. The van der Waals surface area contributed by atoms with Crippen LogP contribution in [0.2, 0.25) is 0 Å². The molecule has 10 nitrogen and oxygen atoms in total. The minimum absolute atomic E-state index is 0.0113. The minimum Gasteiger partial charge on any atom is -0.493 e. The molecule has 11 heteroatoms. The van der Waals surface area contributed by atoms with E-state index in [0.717, 1.165) is 23.0 Å². The van der Waals surface area contributed by atoms with E-state index in [0.29, 0.717) is 36.5 Å². The lowest BCUT2D eigenvalue weighted by atomic mass is 10.1. The van der Waals surface area contributed by atoms with Gasteiger partial charge >= 0.3 is 0 Å². The number of hydrogen-bond acceptors (Lipinski definition) is 7. The fraction of sp³-hybridized carbons (Fsp3) is 0.333. The van der Waals surface area contributed by atoms with Gasteiger partial charge in [-0.3, -0.25) is 9.59 Å². The van der Waals surface area contributed by atoms with Gasteiger partial charge in [0.2, 0.25) is 15.9 Å². The molecule has 2 amide bonds. The van der Waals surface area contributed by atoms with Crippen LogP contribution in [0, 0.1) is 0 Å². The maximum atomic E-state index is 13.7. The summed E-state index contributed by atoms with van der Waals surface area (Å²) < 4.78 is 39.1. The largest absolute Gasteiger partial charge is 0.493 e. The monoisotopic (exact) mass is 580 g/mol. The average molecular weight is 581 g/mol. The molecule has 0 spiro atoms. The molecule has 1 saturated heterocycles. The lowest BCUT2D eigenvalue weighted by molar-refractivity contribution is -0.116. The number of hydrogen-bond donors (Lipinski definition) is 1. The molecule has 0 radical (unpaired) electrons. The molecule has 0 bridgehead atoms. The van der Waals surface area contributed by atoms with E-state index in [-0.39, 0.29) is 23.1 Å². The lowest BCUT2D eigenvalue weighted by Gasteiger charge is -2.32. The highest BCUT2D eigenvalue weighted by molar-refractivity contribution is 7.89. The Labute approximate surface area is 241 Å². The summed E-state index contributed by atoms with van der Waals surface area (Å²) in [5, 5.41) is 2.77. The SMILES string of the molecule is COc1ccc(S(=O)(=O)N(CCc2ccccc2)CC(=O)Nc2ccc(C(=O)N3CCN(C)CC3)cc2)cc1OC. The van der Waals surface area contributed by atoms with Gasteiger partial charge in [0.1, 0.15) is 0 Å². The first-order chi connectivity index (χ1) is 19.7. The predicted molar refractivity (Wildman–Crippen MR) is 157 cm³/mol. The summed E-state index contributed by atoms with van der Waals surface area (Å²) in [5.41, 5.74) is 1.95. The van der Waals surface area contributed by atoms with Crippen LogP contribution in [-0.2, 0) is 21.2 Å². The van der Waals surface area contributed by atoms with E-state index in [9.17, 15) is 18.0 Å². The van der Waals surface area contributed by atoms with E-state index in [1.54, 1.807) is 24.3 Å². The Kier molecular flexibility index (Phi) is 9.98. The molecule has 218 valence electrons. The molecule has 0 aliphatic carbocycles. The Morgan fingerprint density at radius 3 is 2.17 bits per heavy atom. The van der Waals surface area contributed by atoms with Crippen molar-refractivity contribution in [2.75, 3.05) is 65.9 Å².